The van der Waals surface area contributed by atoms with Crippen LogP contribution in [-0.4, -0.2) is 112 Å². The maximum atomic E-state index is 12.1. The van der Waals surface area contributed by atoms with E-state index in [1.807, 2.05) is 0 Å². The highest BCUT2D eigenvalue weighted by Crippen LogP contribution is 2.30. The highest BCUT2D eigenvalue weighted by Gasteiger charge is 2.52. The summed E-state index contributed by atoms with van der Waals surface area (Å²) in [4.78, 5) is 70.3. The van der Waals surface area contributed by atoms with Crippen molar-refractivity contribution in [1.29, 1.82) is 0 Å². The van der Waals surface area contributed by atoms with E-state index < -0.39 is 60.2 Å². The normalized spacial score (nSPS) is 20.3. The minimum atomic E-state index is -1.20. The molecule has 0 aromatic rings. The molecule has 0 aromatic heterocycles. The van der Waals surface area contributed by atoms with Crippen molar-refractivity contribution in [3.05, 3.63) is 0 Å². The van der Waals surface area contributed by atoms with Crippen LogP contribution in [0.25, 0.3) is 0 Å². The maximum absolute atomic E-state index is 12.1. The molecule has 2 aliphatic heterocycles. The molecule has 0 bridgehead atoms. The summed E-state index contributed by atoms with van der Waals surface area (Å²) >= 11 is 0. The fraction of sp³-hybridized carbons (Fsp3) is 0.793. The molecule has 250 valence electrons. The lowest BCUT2D eigenvalue weighted by Gasteiger charge is -2.16. The number of ether oxygens (including phenoxy) is 8. The largest absolute Gasteiger partial charge is 0.461 e. The molecule has 15 nitrogen and oxygen atoms in total. The maximum Gasteiger partial charge on any atom is 0.417 e. The molecular formula is C29H44O15. The third-order valence-electron chi connectivity index (χ3n) is 6.96. The highest BCUT2D eigenvalue weighted by atomic mass is 16.7. The molecule has 2 rings (SSSR count). The predicted molar refractivity (Wildman–Crippen MR) is 147 cm³/mol. The summed E-state index contributed by atoms with van der Waals surface area (Å²) in [6, 6.07) is 0. The number of rotatable bonds is 19. The van der Waals surface area contributed by atoms with Crippen molar-refractivity contribution in [2.75, 3.05) is 46.8 Å². The molecule has 0 aliphatic carbocycles. The van der Waals surface area contributed by atoms with Crippen molar-refractivity contribution in [2.24, 2.45) is 0 Å². The van der Waals surface area contributed by atoms with E-state index in [1.165, 1.54) is 0 Å². The van der Waals surface area contributed by atoms with Crippen LogP contribution in [0.5, 0.6) is 0 Å². The molecule has 0 amide bonds. The number of carbonyl (C=O) groups is 6. The molecule has 2 fully saturated rings. The van der Waals surface area contributed by atoms with Crippen molar-refractivity contribution in [2.45, 2.75) is 101 Å². The summed E-state index contributed by atoms with van der Waals surface area (Å²) in [5, 5.41) is 8.73. The third-order valence-corrected chi connectivity index (χ3v) is 6.96. The molecule has 0 aromatic carbocycles. The van der Waals surface area contributed by atoms with E-state index in [4.69, 9.17) is 38.3 Å². The Kier molecular flexibility index (Phi) is 17.9. The molecule has 2 saturated heterocycles. The van der Waals surface area contributed by atoms with E-state index in [1.54, 1.807) is 0 Å². The van der Waals surface area contributed by atoms with Crippen LogP contribution in [0.4, 0.5) is 0 Å². The molecule has 0 spiro atoms. The number of aliphatic hydroxyl groups excluding tert-OH is 1. The zero-order chi connectivity index (χ0) is 32.2. The van der Waals surface area contributed by atoms with Crippen LogP contribution in [0, 0.1) is 0 Å². The minimum absolute atomic E-state index is 0.0344. The van der Waals surface area contributed by atoms with Gasteiger partial charge in [-0.1, -0.05) is 51.4 Å². The molecule has 44 heavy (non-hydrogen) atoms. The van der Waals surface area contributed by atoms with E-state index in [9.17, 15) is 28.8 Å². The van der Waals surface area contributed by atoms with Crippen LogP contribution in [0.15, 0.2) is 0 Å². The Morgan fingerprint density at radius 3 is 1.25 bits per heavy atom. The van der Waals surface area contributed by atoms with Gasteiger partial charge in [-0.05, 0) is 25.7 Å². The molecular weight excluding hydrogens is 588 g/mol. The highest BCUT2D eigenvalue weighted by molar-refractivity contribution is 6.30. The Bertz CT molecular complexity index is 936. The van der Waals surface area contributed by atoms with Gasteiger partial charge in [0, 0.05) is 6.61 Å². The fourth-order valence-corrected chi connectivity index (χ4v) is 4.59. The van der Waals surface area contributed by atoms with Gasteiger partial charge in [0.25, 0.3) is 0 Å². The van der Waals surface area contributed by atoms with Gasteiger partial charge in [-0.2, -0.15) is 0 Å². The summed E-state index contributed by atoms with van der Waals surface area (Å²) in [5.74, 6) is -6.67. The van der Waals surface area contributed by atoms with E-state index in [0.29, 0.717) is 19.3 Å². The number of methoxy groups -OCH3 is 1. The summed E-state index contributed by atoms with van der Waals surface area (Å²) in [7, 11) is 1.04. The average Bonchev–Trinajstić information content (AvgIpc) is 3.61. The molecule has 4 atom stereocenters. The van der Waals surface area contributed by atoms with Gasteiger partial charge in [0.1, 0.15) is 12.2 Å². The van der Waals surface area contributed by atoms with E-state index in [2.05, 4.69) is 4.74 Å². The first-order valence-corrected chi connectivity index (χ1v) is 15.1. The van der Waals surface area contributed by atoms with Gasteiger partial charge in [0.05, 0.1) is 40.1 Å². The Morgan fingerprint density at radius 1 is 0.523 bits per heavy atom. The first-order valence-electron chi connectivity index (χ1n) is 15.1. The molecule has 0 saturated carbocycles. The Hall–Kier alpha value is -3.30. The number of carbonyl (C=O) groups excluding carboxylic acids is 6. The van der Waals surface area contributed by atoms with E-state index >= 15 is 0 Å². The minimum Gasteiger partial charge on any atom is -0.461 e. The topological polar surface area (TPSA) is 196 Å². The predicted octanol–water partition coefficient (Wildman–Crippen LogP) is 1.08. The van der Waals surface area contributed by atoms with Crippen molar-refractivity contribution in [1.82, 2.24) is 0 Å². The Morgan fingerprint density at radius 2 is 0.864 bits per heavy atom. The van der Waals surface area contributed by atoms with E-state index in [-0.39, 0.29) is 39.6 Å². The molecule has 1 N–H and O–H groups in total. The fourth-order valence-electron chi connectivity index (χ4n) is 4.59. The van der Waals surface area contributed by atoms with E-state index in [0.717, 1.165) is 64.9 Å². The smallest absolute Gasteiger partial charge is 0.417 e. The summed E-state index contributed by atoms with van der Waals surface area (Å²) in [6.07, 6.45) is 6.34. The second kappa shape index (κ2) is 21.4. The number of hydrogen-bond donors (Lipinski definition) is 1. The summed E-state index contributed by atoms with van der Waals surface area (Å²) in [6.45, 7) is 0.370. The molecule has 15 heteroatoms. The van der Waals surface area contributed by atoms with Crippen LogP contribution in [0.2, 0.25) is 0 Å². The van der Waals surface area contributed by atoms with Gasteiger partial charge >= 0.3 is 35.8 Å². The van der Waals surface area contributed by atoms with Gasteiger partial charge in [-0.15, -0.1) is 0 Å². The van der Waals surface area contributed by atoms with Crippen molar-refractivity contribution >= 4 is 35.8 Å². The monoisotopic (exact) mass is 632 g/mol. The first-order chi connectivity index (χ1) is 21.3. The molecule has 0 radical (unpaired) electrons. The van der Waals surface area contributed by atoms with Gasteiger partial charge < -0.3 is 43.0 Å². The van der Waals surface area contributed by atoms with Crippen LogP contribution >= 0.6 is 0 Å². The second-order valence-electron chi connectivity index (χ2n) is 10.3. The number of unbranched alkanes of at least 4 members (excludes halogenated alkanes) is 10. The number of fused-ring (bicyclic) bond motifs is 1. The lowest BCUT2D eigenvalue weighted by Crippen LogP contribution is -2.38. The molecule has 2 aliphatic rings. The number of hydrogen-bond acceptors (Lipinski definition) is 15. The van der Waals surface area contributed by atoms with Gasteiger partial charge in [-0.25, -0.2) is 28.8 Å². The lowest BCUT2D eigenvalue weighted by molar-refractivity contribution is -0.174. The quantitative estimate of drug-likeness (QED) is 0.0918. The van der Waals surface area contributed by atoms with Crippen LogP contribution in [0.3, 0.4) is 0 Å². The van der Waals surface area contributed by atoms with Crippen LogP contribution in [-0.2, 0) is 66.7 Å². The second-order valence-corrected chi connectivity index (χ2v) is 10.3. The lowest BCUT2D eigenvalue weighted by atomic mass is 10.1. The number of aliphatic hydroxyl groups is 1. The SMILES string of the molecule is COC(=O)C(=O)O[C@@H]1COC2C1OC[C@@H]2OC(=O)C(=O)OCCCCCCCCOC(=O)C(=O)OCCCCCCCCO. The van der Waals surface area contributed by atoms with Gasteiger partial charge in [-0.3, -0.25) is 0 Å². The van der Waals surface area contributed by atoms with Crippen molar-refractivity contribution in [3.63, 3.8) is 0 Å². The Balaban J connectivity index is 1.43. The molecule has 2 unspecified atom stereocenters. The van der Waals surface area contributed by atoms with Crippen molar-refractivity contribution in [3.8, 4) is 0 Å². The van der Waals surface area contributed by atoms with Crippen LogP contribution < -0.4 is 0 Å². The molecule has 2 heterocycles. The van der Waals surface area contributed by atoms with Crippen LogP contribution in [0.1, 0.15) is 77.0 Å². The Labute approximate surface area is 256 Å². The zero-order valence-corrected chi connectivity index (χ0v) is 25.2. The third kappa shape index (κ3) is 13.6. The van der Waals surface area contributed by atoms with Gasteiger partial charge in [0.2, 0.25) is 0 Å². The standard InChI is InChI=1S/C29H44O15/c1-37-24(31)28(35)43-20-18-41-23-21(19-42-22(20)23)44-29(36)27(34)40-17-13-9-5-4-8-12-16-39-26(33)25(32)38-15-11-7-3-2-6-10-14-30/h20-23,30H,2-19H2,1H3/t20-,21+,22?,23?/m1/s1. The van der Waals surface area contributed by atoms with Crippen molar-refractivity contribution < 1.29 is 71.8 Å². The average molecular weight is 633 g/mol. The summed E-state index contributed by atoms with van der Waals surface area (Å²) < 4.78 is 40.2. The summed E-state index contributed by atoms with van der Waals surface area (Å²) in [5.41, 5.74) is 0. The van der Waals surface area contributed by atoms with Gasteiger partial charge in [0.15, 0.2) is 12.2 Å². The number of esters is 6. The first kappa shape index (κ1) is 36.9. The zero-order valence-electron chi connectivity index (χ0n) is 25.2.